The van der Waals surface area contributed by atoms with Crippen molar-refractivity contribution in [1.29, 1.82) is 5.26 Å². The van der Waals surface area contributed by atoms with Gasteiger partial charge in [-0.15, -0.1) is 10.2 Å². The van der Waals surface area contributed by atoms with Gasteiger partial charge in [0.25, 0.3) is 5.56 Å². The minimum Gasteiger partial charge on any atom is -0.493 e. The SMILES string of the molecule is Cc1c(C#N)c(O)n(CCO)c(=O)c1N=Nc1cc(Cl)ccc1Cl. The van der Waals surface area contributed by atoms with Crippen LogP contribution in [0, 0.1) is 18.3 Å². The zero-order valence-corrected chi connectivity index (χ0v) is 14.0. The van der Waals surface area contributed by atoms with Gasteiger partial charge in [-0.1, -0.05) is 23.2 Å². The van der Waals surface area contributed by atoms with Crippen molar-refractivity contribution in [3.63, 3.8) is 0 Å². The molecule has 7 nitrogen and oxygen atoms in total. The number of halogens is 2. The predicted octanol–water partition coefficient (Wildman–Crippen LogP) is 3.45. The number of benzene rings is 1. The van der Waals surface area contributed by atoms with Gasteiger partial charge in [0.05, 0.1) is 18.2 Å². The Morgan fingerprint density at radius 2 is 2.04 bits per heavy atom. The molecule has 0 atom stereocenters. The summed E-state index contributed by atoms with van der Waals surface area (Å²) in [6.45, 7) is 0.898. The topological polar surface area (TPSA) is 111 Å². The first kappa shape index (κ1) is 17.9. The van der Waals surface area contributed by atoms with Gasteiger partial charge in [0.1, 0.15) is 17.3 Å². The molecule has 1 aromatic heterocycles. The molecule has 1 aromatic carbocycles. The number of hydrogen-bond donors (Lipinski definition) is 2. The Morgan fingerprint density at radius 3 is 2.67 bits per heavy atom. The number of nitriles is 1. The number of hydrogen-bond acceptors (Lipinski definition) is 6. The smallest absolute Gasteiger partial charge is 0.281 e. The molecule has 2 aromatic rings. The quantitative estimate of drug-likeness (QED) is 0.806. The van der Waals surface area contributed by atoms with Crippen molar-refractivity contribution in [2.45, 2.75) is 13.5 Å². The molecular formula is C15H12Cl2N4O3. The number of nitrogens with zero attached hydrogens (tertiary/aromatic N) is 4. The molecule has 0 aliphatic carbocycles. The predicted molar refractivity (Wildman–Crippen MR) is 89.5 cm³/mol. The summed E-state index contributed by atoms with van der Waals surface area (Å²) in [7, 11) is 0. The maximum atomic E-state index is 12.4. The van der Waals surface area contributed by atoms with Gasteiger partial charge >= 0.3 is 0 Å². The summed E-state index contributed by atoms with van der Waals surface area (Å²) in [5.74, 6) is -0.520. The Hall–Kier alpha value is -2.40. The number of azo groups is 1. The van der Waals surface area contributed by atoms with E-state index in [9.17, 15) is 15.2 Å². The summed E-state index contributed by atoms with van der Waals surface area (Å²) in [6.07, 6.45) is 0. The van der Waals surface area contributed by atoms with E-state index in [1.807, 2.05) is 6.07 Å². The molecule has 0 amide bonds. The van der Waals surface area contributed by atoms with E-state index >= 15 is 0 Å². The van der Waals surface area contributed by atoms with Crippen molar-refractivity contribution in [1.82, 2.24) is 4.57 Å². The second kappa shape index (κ2) is 7.45. The average molecular weight is 367 g/mol. The highest BCUT2D eigenvalue weighted by molar-refractivity contribution is 6.35. The summed E-state index contributed by atoms with van der Waals surface area (Å²) in [4.78, 5) is 12.4. The van der Waals surface area contributed by atoms with Gasteiger partial charge in [-0.25, -0.2) is 0 Å². The summed E-state index contributed by atoms with van der Waals surface area (Å²) in [6, 6.07) is 6.40. The number of rotatable bonds is 4. The first-order valence-corrected chi connectivity index (χ1v) is 7.50. The highest BCUT2D eigenvalue weighted by Crippen LogP contribution is 2.31. The van der Waals surface area contributed by atoms with Crippen LogP contribution in [0.4, 0.5) is 11.4 Å². The van der Waals surface area contributed by atoms with E-state index in [2.05, 4.69) is 10.2 Å². The van der Waals surface area contributed by atoms with Gasteiger partial charge in [-0.3, -0.25) is 9.36 Å². The van der Waals surface area contributed by atoms with Crippen LogP contribution in [0.25, 0.3) is 0 Å². The molecule has 0 unspecified atom stereocenters. The van der Waals surface area contributed by atoms with Crippen LogP contribution in [0.5, 0.6) is 5.88 Å². The van der Waals surface area contributed by atoms with E-state index in [0.29, 0.717) is 5.02 Å². The zero-order valence-electron chi connectivity index (χ0n) is 12.5. The molecule has 1 heterocycles. The Morgan fingerprint density at radius 1 is 1.33 bits per heavy atom. The van der Waals surface area contributed by atoms with Crippen LogP contribution < -0.4 is 5.56 Å². The van der Waals surface area contributed by atoms with Crippen molar-refractivity contribution < 1.29 is 10.2 Å². The summed E-state index contributed by atoms with van der Waals surface area (Å²) < 4.78 is 0.861. The Kier molecular flexibility index (Phi) is 5.57. The van der Waals surface area contributed by atoms with Crippen molar-refractivity contribution in [2.24, 2.45) is 10.2 Å². The lowest BCUT2D eigenvalue weighted by Gasteiger charge is -2.11. The van der Waals surface area contributed by atoms with Gasteiger partial charge in [-0.05, 0) is 25.1 Å². The molecule has 0 spiro atoms. The van der Waals surface area contributed by atoms with E-state index in [1.54, 1.807) is 6.07 Å². The Bertz CT molecular complexity index is 916. The van der Waals surface area contributed by atoms with E-state index < -0.39 is 18.0 Å². The monoisotopic (exact) mass is 366 g/mol. The highest BCUT2D eigenvalue weighted by atomic mass is 35.5. The van der Waals surface area contributed by atoms with Crippen LogP contribution in [0.1, 0.15) is 11.1 Å². The maximum Gasteiger partial charge on any atom is 0.281 e. The average Bonchev–Trinajstić information content (AvgIpc) is 2.55. The minimum atomic E-state index is -0.681. The lowest BCUT2D eigenvalue weighted by atomic mass is 10.1. The lowest BCUT2D eigenvalue weighted by Crippen LogP contribution is -2.23. The normalized spacial score (nSPS) is 11.0. The second-order valence-electron chi connectivity index (χ2n) is 4.76. The second-order valence-corrected chi connectivity index (χ2v) is 5.60. The van der Waals surface area contributed by atoms with Crippen molar-refractivity contribution in [3.8, 4) is 11.9 Å². The standard InChI is InChI=1S/C15H12Cl2N4O3/c1-8-10(7-18)14(23)21(4-5-22)15(24)13(8)20-19-12-6-9(16)2-3-11(12)17/h2-3,6,22-23H,4-5H2,1H3. The summed E-state index contributed by atoms with van der Waals surface area (Å²) in [5.41, 5.74) is -0.498. The molecule has 2 N–H and O–H groups in total. The molecule has 2 rings (SSSR count). The molecule has 0 radical (unpaired) electrons. The molecule has 0 aliphatic rings. The number of aromatic nitrogens is 1. The van der Waals surface area contributed by atoms with Crippen LogP contribution in [0.3, 0.4) is 0 Å². The van der Waals surface area contributed by atoms with Crippen LogP contribution in [0.15, 0.2) is 33.2 Å². The van der Waals surface area contributed by atoms with Gasteiger partial charge in [0.15, 0.2) is 5.69 Å². The fraction of sp³-hybridized carbons (Fsp3) is 0.200. The fourth-order valence-corrected chi connectivity index (χ4v) is 2.35. The van der Waals surface area contributed by atoms with Crippen LogP contribution >= 0.6 is 23.2 Å². The molecule has 9 heteroatoms. The van der Waals surface area contributed by atoms with Gasteiger partial charge in [0, 0.05) is 10.6 Å². The third-order valence-corrected chi connectivity index (χ3v) is 3.81. The molecule has 0 saturated heterocycles. The fourth-order valence-electron chi connectivity index (χ4n) is 2.03. The molecule has 24 heavy (non-hydrogen) atoms. The van der Waals surface area contributed by atoms with Crippen LogP contribution in [0.2, 0.25) is 10.0 Å². The molecule has 0 saturated carbocycles. The largest absolute Gasteiger partial charge is 0.493 e. The lowest BCUT2D eigenvalue weighted by molar-refractivity contribution is 0.263. The highest BCUT2D eigenvalue weighted by Gasteiger charge is 2.18. The van der Waals surface area contributed by atoms with Crippen LogP contribution in [-0.4, -0.2) is 21.4 Å². The van der Waals surface area contributed by atoms with E-state index in [0.717, 1.165) is 4.57 Å². The number of pyridine rings is 1. The third kappa shape index (κ3) is 3.41. The van der Waals surface area contributed by atoms with Crippen molar-refractivity contribution >= 4 is 34.6 Å². The first-order chi connectivity index (χ1) is 11.4. The zero-order chi connectivity index (χ0) is 17.9. The van der Waals surface area contributed by atoms with E-state index in [4.69, 9.17) is 28.3 Å². The Balaban J connectivity index is 2.64. The van der Waals surface area contributed by atoms with E-state index in [-0.39, 0.29) is 34.1 Å². The number of aliphatic hydroxyl groups excluding tert-OH is 1. The first-order valence-electron chi connectivity index (χ1n) is 6.74. The number of aromatic hydroxyl groups is 1. The van der Waals surface area contributed by atoms with Gasteiger partial charge < -0.3 is 10.2 Å². The summed E-state index contributed by atoms with van der Waals surface area (Å²) in [5, 5.41) is 36.7. The van der Waals surface area contributed by atoms with Crippen LogP contribution in [-0.2, 0) is 6.54 Å². The number of aliphatic hydroxyl groups is 1. The van der Waals surface area contributed by atoms with Crippen molar-refractivity contribution in [2.75, 3.05) is 6.61 Å². The summed E-state index contributed by atoms with van der Waals surface area (Å²) >= 11 is 11.9. The van der Waals surface area contributed by atoms with Gasteiger partial charge in [-0.2, -0.15) is 5.26 Å². The third-order valence-electron chi connectivity index (χ3n) is 3.26. The molecule has 124 valence electrons. The van der Waals surface area contributed by atoms with Gasteiger partial charge in [0.2, 0.25) is 5.88 Å². The maximum absolute atomic E-state index is 12.4. The minimum absolute atomic E-state index is 0.116. The van der Waals surface area contributed by atoms with Crippen molar-refractivity contribution in [3.05, 3.63) is 49.7 Å². The molecule has 0 bridgehead atoms. The molecule has 0 fully saturated rings. The Labute approximate surface area is 147 Å². The van der Waals surface area contributed by atoms with E-state index in [1.165, 1.54) is 19.1 Å². The molecule has 0 aliphatic heterocycles. The molecular weight excluding hydrogens is 355 g/mol.